The van der Waals surface area contributed by atoms with Gasteiger partial charge in [-0.25, -0.2) is 4.98 Å². The van der Waals surface area contributed by atoms with E-state index in [0.29, 0.717) is 16.4 Å². The largest absolute Gasteiger partial charge is 0.392 e. The monoisotopic (exact) mass is 291 g/mol. The highest BCUT2D eigenvalue weighted by Gasteiger charge is 2.11. The van der Waals surface area contributed by atoms with Crippen LogP contribution in [0.1, 0.15) is 23.0 Å². The highest BCUT2D eigenvalue weighted by atomic mass is 32.1. The van der Waals surface area contributed by atoms with Crippen LogP contribution in [0, 0.1) is 0 Å². The van der Waals surface area contributed by atoms with E-state index in [0.717, 1.165) is 0 Å². The molecule has 0 atom stereocenters. The molecule has 0 saturated carbocycles. The molecule has 0 saturated heterocycles. The summed E-state index contributed by atoms with van der Waals surface area (Å²) in [5.41, 5.74) is 1.52. The zero-order valence-corrected chi connectivity index (χ0v) is 11.5. The summed E-state index contributed by atoms with van der Waals surface area (Å²) in [5, 5.41) is 16.2. The van der Waals surface area contributed by atoms with Crippen LogP contribution in [-0.2, 0) is 11.4 Å². The number of anilines is 2. The maximum absolute atomic E-state index is 12.0. The van der Waals surface area contributed by atoms with Gasteiger partial charge in [-0.05, 0) is 17.7 Å². The summed E-state index contributed by atoms with van der Waals surface area (Å²) < 4.78 is 0. The van der Waals surface area contributed by atoms with Crippen molar-refractivity contribution < 1.29 is 14.7 Å². The molecule has 7 heteroatoms. The van der Waals surface area contributed by atoms with E-state index < -0.39 is 0 Å². The van der Waals surface area contributed by atoms with Crippen molar-refractivity contribution in [2.75, 3.05) is 10.6 Å². The number of carbonyl (C=O) groups excluding carboxylic acids is 2. The van der Waals surface area contributed by atoms with Gasteiger partial charge in [0.05, 0.1) is 6.61 Å². The predicted octanol–water partition coefficient (Wildman–Crippen LogP) is 1.85. The Morgan fingerprint density at radius 1 is 1.35 bits per heavy atom. The Bertz CT molecular complexity index is 639. The summed E-state index contributed by atoms with van der Waals surface area (Å²) in [7, 11) is 0. The van der Waals surface area contributed by atoms with Crippen LogP contribution in [0.25, 0.3) is 0 Å². The molecule has 6 nitrogen and oxygen atoms in total. The number of rotatable bonds is 4. The standard InChI is InChI=1S/C13H13N3O3S/c1-8(18)14-13-16-11(7-20-13)12(19)15-10-4-2-3-9(5-10)6-17/h2-5,7,17H,6H2,1H3,(H,15,19)(H,14,16,18). The molecule has 0 radical (unpaired) electrons. The quantitative estimate of drug-likeness (QED) is 0.801. The normalized spacial score (nSPS) is 10.1. The van der Waals surface area contributed by atoms with Gasteiger partial charge >= 0.3 is 0 Å². The van der Waals surface area contributed by atoms with Gasteiger partial charge in [-0.2, -0.15) is 0 Å². The zero-order chi connectivity index (χ0) is 14.5. The van der Waals surface area contributed by atoms with E-state index >= 15 is 0 Å². The summed E-state index contributed by atoms with van der Waals surface area (Å²) in [6, 6.07) is 6.90. The molecule has 0 aliphatic rings. The Balaban J connectivity index is 2.07. The fraction of sp³-hybridized carbons (Fsp3) is 0.154. The van der Waals surface area contributed by atoms with E-state index in [1.165, 1.54) is 18.3 Å². The molecular formula is C13H13N3O3S. The maximum atomic E-state index is 12.0. The van der Waals surface area contributed by atoms with Gasteiger partial charge in [0.15, 0.2) is 5.13 Å². The number of aliphatic hydroxyl groups excluding tert-OH is 1. The summed E-state index contributed by atoms with van der Waals surface area (Å²) in [6.45, 7) is 1.29. The zero-order valence-electron chi connectivity index (χ0n) is 10.7. The minimum Gasteiger partial charge on any atom is -0.392 e. The van der Waals surface area contributed by atoms with Crippen LogP contribution in [0.2, 0.25) is 0 Å². The number of nitrogens with zero attached hydrogens (tertiary/aromatic N) is 1. The molecule has 1 heterocycles. The molecule has 0 bridgehead atoms. The molecule has 104 valence electrons. The van der Waals surface area contributed by atoms with Crippen molar-refractivity contribution in [2.24, 2.45) is 0 Å². The SMILES string of the molecule is CC(=O)Nc1nc(C(=O)Nc2cccc(CO)c2)cs1. The smallest absolute Gasteiger partial charge is 0.275 e. The van der Waals surface area contributed by atoms with Crippen LogP contribution in [-0.4, -0.2) is 21.9 Å². The van der Waals surface area contributed by atoms with Crippen LogP contribution in [0.3, 0.4) is 0 Å². The van der Waals surface area contributed by atoms with Crippen LogP contribution in [0.15, 0.2) is 29.6 Å². The molecule has 0 fully saturated rings. The fourth-order valence-corrected chi connectivity index (χ4v) is 2.27. The van der Waals surface area contributed by atoms with Crippen molar-refractivity contribution in [3.8, 4) is 0 Å². The molecule has 2 rings (SSSR count). The molecule has 0 unspecified atom stereocenters. The highest BCUT2D eigenvalue weighted by molar-refractivity contribution is 7.14. The number of carbonyl (C=O) groups is 2. The highest BCUT2D eigenvalue weighted by Crippen LogP contribution is 2.17. The average molecular weight is 291 g/mol. The minimum atomic E-state index is -0.368. The van der Waals surface area contributed by atoms with Gasteiger partial charge in [0.1, 0.15) is 5.69 Å². The number of aliphatic hydroxyl groups is 1. The Morgan fingerprint density at radius 3 is 2.85 bits per heavy atom. The van der Waals surface area contributed by atoms with Gasteiger partial charge in [0, 0.05) is 18.0 Å². The van der Waals surface area contributed by atoms with Gasteiger partial charge < -0.3 is 15.7 Å². The third-order valence-electron chi connectivity index (χ3n) is 2.39. The first-order valence-electron chi connectivity index (χ1n) is 5.83. The van der Waals surface area contributed by atoms with Crippen molar-refractivity contribution in [3.05, 3.63) is 40.9 Å². The van der Waals surface area contributed by atoms with E-state index in [2.05, 4.69) is 15.6 Å². The fourth-order valence-electron chi connectivity index (χ4n) is 1.53. The van der Waals surface area contributed by atoms with Gasteiger partial charge in [0.2, 0.25) is 5.91 Å². The van der Waals surface area contributed by atoms with E-state index in [-0.39, 0.29) is 24.1 Å². The van der Waals surface area contributed by atoms with E-state index in [1.807, 2.05) is 0 Å². The third-order valence-corrected chi connectivity index (χ3v) is 3.14. The molecule has 2 amide bonds. The van der Waals surface area contributed by atoms with Crippen molar-refractivity contribution >= 4 is 34.0 Å². The number of hydrogen-bond acceptors (Lipinski definition) is 5. The van der Waals surface area contributed by atoms with Crippen LogP contribution in [0.4, 0.5) is 10.8 Å². The summed E-state index contributed by atoms with van der Waals surface area (Å²) in [4.78, 5) is 26.9. The topological polar surface area (TPSA) is 91.3 Å². The van der Waals surface area contributed by atoms with Crippen molar-refractivity contribution in [1.82, 2.24) is 4.98 Å². The molecule has 3 N–H and O–H groups in total. The van der Waals surface area contributed by atoms with Gasteiger partial charge in [-0.1, -0.05) is 12.1 Å². The minimum absolute atomic E-state index is 0.0902. The van der Waals surface area contributed by atoms with Crippen molar-refractivity contribution in [3.63, 3.8) is 0 Å². The lowest BCUT2D eigenvalue weighted by molar-refractivity contribution is -0.114. The number of aromatic nitrogens is 1. The Hall–Kier alpha value is -2.25. The van der Waals surface area contributed by atoms with Gasteiger partial charge in [-0.3, -0.25) is 9.59 Å². The first-order chi connectivity index (χ1) is 9.58. The van der Waals surface area contributed by atoms with Crippen LogP contribution >= 0.6 is 11.3 Å². The van der Waals surface area contributed by atoms with E-state index in [9.17, 15) is 9.59 Å². The lowest BCUT2D eigenvalue weighted by atomic mass is 10.2. The predicted molar refractivity (Wildman–Crippen MR) is 76.7 cm³/mol. The summed E-state index contributed by atoms with van der Waals surface area (Å²) in [5.74, 6) is -0.602. The second-order valence-corrected chi connectivity index (χ2v) is 4.89. The number of thiazole rings is 1. The summed E-state index contributed by atoms with van der Waals surface area (Å²) in [6.07, 6.45) is 0. The summed E-state index contributed by atoms with van der Waals surface area (Å²) >= 11 is 1.18. The lowest BCUT2D eigenvalue weighted by Gasteiger charge is -2.04. The number of hydrogen-bond donors (Lipinski definition) is 3. The Labute approximate surface area is 119 Å². The van der Waals surface area contributed by atoms with Crippen LogP contribution < -0.4 is 10.6 Å². The third kappa shape index (κ3) is 3.62. The molecule has 1 aromatic carbocycles. The Morgan fingerprint density at radius 2 is 2.15 bits per heavy atom. The molecule has 0 aliphatic heterocycles. The average Bonchev–Trinajstić information content (AvgIpc) is 2.86. The van der Waals surface area contributed by atoms with E-state index in [4.69, 9.17) is 5.11 Å². The number of nitrogens with one attached hydrogen (secondary N) is 2. The van der Waals surface area contributed by atoms with E-state index in [1.54, 1.807) is 29.6 Å². The molecular weight excluding hydrogens is 278 g/mol. The molecule has 0 aliphatic carbocycles. The second-order valence-electron chi connectivity index (χ2n) is 4.03. The lowest BCUT2D eigenvalue weighted by Crippen LogP contribution is -2.13. The molecule has 1 aromatic heterocycles. The van der Waals surface area contributed by atoms with Crippen LogP contribution in [0.5, 0.6) is 0 Å². The van der Waals surface area contributed by atoms with Crippen molar-refractivity contribution in [2.45, 2.75) is 13.5 Å². The molecule has 20 heavy (non-hydrogen) atoms. The first kappa shape index (κ1) is 14.2. The molecule has 2 aromatic rings. The van der Waals surface area contributed by atoms with Gasteiger partial charge in [-0.15, -0.1) is 11.3 Å². The molecule has 0 spiro atoms. The maximum Gasteiger partial charge on any atom is 0.275 e. The van der Waals surface area contributed by atoms with Gasteiger partial charge in [0.25, 0.3) is 5.91 Å². The number of benzene rings is 1. The first-order valence-corrected chi connectivity index (χ1v) is 6.70. The van der Waals surface area contributed by atoms with Crippen molar-refractivity contribution in [1.29, 1.82) is 0 Å². The second kappa shape index (κ2) is 6.27. The number of amides is 2. The Kier molecular flexibility index (Phi) is 4.44.